The monoisotopic (exact) mass is 192 g/mol. The van der Waals surface area contributed by atoms with Gasteiger partial charge in [-0.3, -0.25) is 4.57 Å². The molecule has 0 N–H and O–H groups in total. The molecule has 0 heterocycles. The van der Waals surface area contributed by atoms with Crippen molar-refractivity contribution >= 4 is 8.25 Å². The van der Waals surface area contributed by atoms with Gasteiger partial charge < -0.3 is 9.05 Å². The molecule has 0 aromatic carbocycles. The van der Waals surface area contributed by atoms with Crippen LogP contribution in [0.25, 0.3) is 0 Å². The van der Waals surface area contributed by atoms with Gasteiger partial charge in [-0.2, -0.15) is 13.2 Å². The fourth-order valence-electron chi connectivity index (χ4n) is 0.300. The standard InChI is InChI=1S/C4H8F3O3P/c1-2-9-11(8)10-3-4(5,6)7/h11H,2-3H2,1H3. The zero-order valence-corrected chi connectivity index (χ0v) is 6.77. The molecule has 0 radical (unpaired) electrons. The van der Waals surface area contributed by atoms with Crippen molar-refractivity contribution < 1.29 is 26.8 Å². The normalized spacial score (nSPS) is 14.9. The molecule has 68 valence electrons. The van der Waals surface area contributed by atoms with Gasteiger partial charge in [0, 0.05) is 0 Å². The van der Waals surface area contributed by atoms with Crippen LogP contribution in [-0.4, -0.2) is 19.4 Å². The molecule has 0 aromatic heterocycles. The first kappa shape index (κ1) is 10.9. The van der Waals surface area contributed by atoms with Crippen molar-refractivity contribution in [1.82, 2.24) is 0 Å². The lowest BCUT2D eigenvalue weighted by molar-refractivity contribution is -0.154. The van der Waals surface area contributed by atoms with E-state index in [-0.39, 0.29) is 6.61 Å². The second-order valence-corrected chi connectivity index (χ2v) is 2.66. The molecular weight excluding hydrogens is 184 g/mol. The van der Waals surface area contributed by atoms with Crippen molar-refractivity contribution in [2.75, 3.05) is 13.2 Å². The van der Waals surface area contributed by atoms with Crippen molar-refractivity contribution in [1.29, 1.82) is 0 Å². The van der Waals surface area contributed by atoms with E-state index in [0.717, 1.165) is 0 Å². The Morgan fingerprint density at radius 1 is 1.36 bits per heavy atom. The summed E-state index contributed by atoms with van der Waals surface area (Å²) in [5, 5.41) is 0. The molecule has 0 amide bonds. The summed E-state index contributed by atoms with van der Waals surface area (Å²) in [5.74, 6) is 0. The molecule has 0 rings (SSSR count). The van der Waals surface area contributed by atoms with Gasteiger partial charge >= 0.3 is 14.4 Å². The van der Waals surface area contributed by atoms with Gasteiger partial charge in [-0.05, 0) is 6.92 Å². The van der Waals surface area contributed by atoms with Crippen molar-refractivity contribution in [3.63, 3.8) is 0 Å². The average Bonchev–Trinajstić information content (AvgIpc) is 1.83. The smallest absolute Gasteiger partial charge is 0.311 e. The molecule has 0 aliphatic carbocycles. The van der Waals surface area contributed by atoms with Crippen LogP contribution < -0.4 is 0 Å². The predicted molar refractivity (Wildman–Crippen MR) is 32.6 cm³/mol. The Morgan fingerprint density at radius 3 is 2.27 bits per heavy atom. The van der Waals surface area contributed by atoms with Gasteiger partial charge in [0.1, 0.15) is 0 Å². The van der Waals surface area contributed by atoms with Gasteiger partial charge in [-0.15, -0.1) is 0 Å². The summed E-state index contributed by atoms with van der Waals surface area (Å²) in [5.41, 5.74) is 0. The van der Waals surface area contributed by atoms with Gasteiger partial charge in [0.25, 0.3) is 0 Å². The summed E-state index contributed by atoms with van der Waals surface area (Å²) in [4.78, 5) is 0. The highest BCUT2D eigenvalue weighted by molar-refractivity contribution is 7.33. The first-order chi connectivity index (χ1) is 4.95. The van der Waals surface area contributed by atoms with Crippen LogP contribution in [0.4, 0.5) is 13.2 Å². The molecule has 0 fully saturated rings. The summed E-state index contributed by atoms with van der Waals surface area (Å²) in [6.07, 6.45) is -4.45. The lowest BCUT2D eigenvalue weighted by Crippen LogP contribution is -2.14. The first-order valence-corrected chi connectivity index (χ1v) is 4.04. The Hall–Kier alpha value is -0.0600. The molecule has 1 atom stereocenters. The summed E-state index contributed by atoms with van der Waals surface area (Å²) in [6.45, 7) is 0.0694. The SMILES string of the molecule is CCO[PH](=O)OCC(F)(F)F. The van der Waals surface area contributed by atoms with Crippen LogP contribution in [0.1, 0.15) is 6.92 Å². The Balaban J connectivity index is 3.46. The summed E-state index contributed by atoms with van der Waals surface area (Å²) in [7, 11) is -2.94. The minimum Gasteiger partial charge on any atom is -0.311 e. The molecule has 3 nitrogen and oxygen atoms in total. The lowest BCUT2D eigenvalue weighted by atomic mass is 10.7. The van der Waals surface area contributed by atoms with E-state index in [1.807, 2.05) is 0 Å². The zero-order chi connectivity index (χ0) is 8.91. The van der Waals surface area contributed by atoms with E-state index in [1.54, 1.807) is 0 Å². The maximum atomic E-state index is 11.4. The quantitative estimate of drug-likeness (QED) is 0.639. The number of alkyl halides is 3. The van der Waals surface area contributed by atoms with Crippen LogP contribution in [0.5, 0.6) is 0 Å². The van der Waals surface area contributed by atoms with Crippen LogP contribution >= 0.6 is 8.25 Å². The van der Waals surface area contributed by atoms with Gasteiger partial charge in [0.2, 0.25) is 0 Å². The molecule has 0 saturated carbocycles. The van der Waals surface area contributed by atoms with Gasteiger partial charge in [0.05, 0.1) is 6.61 Å². The highest BCUT2D eigenvalue weighted by atomic mass is 31.1. The van der Waals surface area contributed by atoms with Crippen LogP contribution in [0.3, 0.4) is 0 Å². The van der Waals surface area contributed by atoms with Crippen molar-refractivity contribution in [2.24, 2.45) is 0 Å². The molecule has 0 aromatic rings. The Morgan fingerprint density at radius 2 is 1.91 bits per heavy atom. The molecule has 1 unspecified atom stereocenters. The Labute approximate surface area is 62.4 Å². The van der Waals surface area contributed by atoms with Crippen LogP contribution in [-0.2, 0) is 13.6 Å². The molecular formula is C4H8F3O3P. The van der Waals surface area contributed by atoms with E-state index in [0.29, 0.717) is 0 Å². The minimum atomic E-state index is -4.45. The van der Waals surface area contributed by atoms with Gasteiger partial charge in [0.15, 0.2) is 6.61 Å². The Bertz CT molecular complexity index is 135. The van der Waals surface area contributed by atoms with E-state index in [9.17, 15) is 17.7 Å². The van der Waals surface area contributed by atoms with E-state index >= 15 is 0 Å². The van der Waals surface area contributed by atoms with E-state index in [1.165, 1.54) is 6.92 Å². The zero-order valence-electron chi connectivity index (χ0n) is 5.77. The topological polar surface area (TPSA) is 35.5 Å². The third-order valence-corrected chi connectivity index (χ3v) is 1.52. The van der Waals surface area contributed by atoms with Crippen molar-refractivity contribution in [2.45, 2.75) is 13.1 Å². The van der Waals surface area contributed by atoms with Crippen LogP contribution in [0.15, 0.2) is 0 Å². The van der Waals surface area contributed by atoms with E-state index < -0.39 is 21.0 Å². The molecule has 11 heavy (non-hydrogen) atoms. The Kier molecular flexibility index (Phi) is 4.72. The largest absolute Gasteiger partial charge is 0.412 e. The maximum absolute atomic E-state index is 11.4. The van der Waals surface area contributed by atoms with E-state index in [2.05, 4.69) is 9.05 Å². The fraction of sp³-hybridized carbons (Fsp3) is 1.00. The predicted octanol–water partition coefficient (Wildman–Crippen LogP) is 1.99. The summed E-state index contributed by atoms with van der Waals surface area (Å²) < 4.78 is 52.5. The second-order valence-electron chi connectivity index (χ2n) is 1.59. The maximum Gasteiger partial charge on any atom is 0.412 e. The van der Waals surface area contributed by atoms with Crippen LogP contribution in [0.2, 0.25) is 0 Å². The first-order valence-electron chi connectivity index (χ1n) is 2.82. The van der Waals surface area contributed by atoms with Crippen molar-refractivity contribution in [3.8, 4) is 0 Å². The van der Waals surface area contributed by atoms with E-state index in [4.69, 9.17) is 0 Å². The number of rotatable bonds is 4. The number of hydrogen-bond acceptors (Lipinski definition) is 3. The lowest BCUT2D eigenvalue weighted by Gasteiger charge is -2.06. The van der Waals surface area contributed by atoms with Gasteiger partial charge in [-0.1, -0.05) is 0 Å². The number of halogens is 3. The molecule has 7 heteroatoms. The fourth-order valence-corrected chi connectivity index (χ4v) is 0.901. The number of hydrogen-bond donors (Lipinski definition) is 0. The average molecular weight is 192 g/mol. The minimum absolute atomic E-state index is 0.0790. The summed E-state index contributed by atoms with van der Waals surface area (Å²) in [6, 6.07) is 0. The highest BCUT2D eigenvalue weighted by Crippen LogP contribution is 2.27. The summed E-state index contributed by atoms with van der Waals surface area (Å²) >= 11 is 0. The third kappa shape index (κ3) is 7.84. The molecule has 0 bridgehead atoms. The molecule has 0 aliphatic heterocycles. The molecule has 0 spiro atoms. The third-order valence-electron chi connectivity index (χ3n) is 0.616. The van der Waals surface area contributed by atoms with Crippen LogP contribution in [0, 0.1) is 0 Å². The van der Waals surface area contributed by atoms with Gasteiger partial charge in [-0.25, -0.2) is 0 Å². The molecule has 0 aliphatic rings. The van der Waals surface area contributed by atoms with Crippen molar-refractivity contribution in [3.05, 3.63) is 0 Å². The highest BCUT2D eigenvalue weighted by Gasteiger charge is 2.28. The molecule has 0 saturated heterocycles. The second kappa shape index (κ2) is 4.74.